The van der Waals surface area contributed by atoms with Crippen molar-refractivity contribution in [3.63, 3.8) is 0 Å². The van der Waals surface area contributed by atoms with E-state index in [9.17, 15) is 4.79 Å². The van der Waals surface area contributed by atoms with Crippen molar-refractivity contribution >= 4 is 33.6 Å². The molecule has 0 saturated carbocycles. The first-order valence-electron chi connectivity index (χ1n) is 4.90. The number of aldehydes is 1. The molecule has 1 heterocycles. The highest BCUT2D eigenvalue weighted by atomic mass is 79.9. The monoisotopic (exact) mass is 295 g/mol. The van der Waals surface area contributed by atoms with E-state index in [1.165, 1.54) is 5.56 Å². The van der Waals surface area contributed by atoms with Gasteiger partial charge in [0.2, 0.25) is 0 Å². The van der Waals surface area contributed by atoms with E-state index >= 15 is 0 Å². The van der Waals surface area contributed by atoms with Crippen molar-refractivity contribution in [1.82, 2.24) is 4.98 Å². The lowest BCUT2D eigenvalue weighted by Crippen LogP contribution is -1.90. The van der Waals surface area contributed by atoms with Gasteiger partial charge in [0.25, 0.3) is 0 Å². The van der Waals surface area contributed by atoms with Crippen molar-refractivity contribution in [2.45, 2.75) is 12.8 Å². The number of aromatic nitrogens is 1. The first-order valence-corrected chi connectivity index (χ1v) is 6.57. The van der Waals surface area contributed by atoms with Crippen LogP contribution in [0.25, 0.3) is 0 Å². The molecule has 0 radical (unpaired) electrons. The molecule has 16 heavy (non-hydrogen) atoms. The van der Waals surface area contributed by atoms with Crippen LogP contribution in [-0.4, -0.2) is 11.3 Å². The van der Waals surface area contributed by atoms with Crippen molar-refractivity contribution in [3.8, 4) is 0 Å². The molecular formula is C12H10BrNOS. The minimum Gasteiger partial charge on any atom is -0.303 e. The molecule has 0 aliphatic carbocycles. The molecule has 82 valence electrons. The number of halogens is 1. The summed E-state index contributed by atoms with van der Waals surface area (Å²) in [5.74, 6) is 0. The molecule has 4 heteroatoms. The van der Waals surface area contributed by atoms with E-state index in [0.29, 0.717) is 6.42 Å². The Bertz CT molecular complexity index is 495. The molecule has 0 N–H and O–H groups in total. The van der Waals surface area contributed by atoms with Crippen molar-refractivity contribution in [1.29, 1.82) is 0 Å². The smallest absolute Gasteiger partial charge is 0.125 e. The van der Waals surface area contributed by atoms with E-state index in [4.69, 9.17) is 0 Å². The van der Waals surface area contributed by atoms with Gasteiger partial charge in [-0.05, 0) is 11.6 Å². The van der Waals surface area contributed by atoms with Crippen LogP contribution < -0.4 is 0 Å². The fraction of sp³-hybridized carbons (Fsp3) is 0.167. The SMILES string of the molecule is O=CCc1csc(Cc2ccccc2Br)n1. The summed E-state index contributed by atoms with van der Waals surface area (Å²) in [6, 6.07) is 8.10. The number of benzene rings is 1. The Hall–Kier alpha value is -1.000. The molecule has 0 spiro atoms. The number of hydrogen-bond acceptors (Lipinski definition) is 3. The lowest BCUT2D eigenvalue weighted by molar-refractivity contribution is -0.107. The minimum atomic E-state index is 0.409. The normalized spacial score (nSPS) is 10.3. The average Bonchev–Trinajstić information content (AvgIpc) is 2.70. The Kier molecular flexibility index (Phi) is 3.85. The Labute approximate surface area is 106 Å². The summed E-state index contributed by atoms with van der Waals surface area (Å²) in [5.41, 5.74) is 2.08. The maximum Gasteiger partial charge on any atom is 0.125 e. The van der Waals surface area contributed by atoms with Crippen LogP contribution in [0.4, 0.5) is 0 Å². The Morgan fingerprint density at radius 3 is 2.94 bits per heavy atom. The van der Waals surface area contributed by atoms with Gasteiger partial charge in [-0.3, -0.25) is 0 Å². The maximum atomic E-state index is 10.4. The van der Waals surface area contributed by atoms with E-state index in [1.807, 2.05) is 23.6 Å². The molecule has 1 aromatic carbocycles. The van der Waals surface area contributed by atoms with Gasteiger partial charge in [0.15, 0.2) is 0 Å². The third kappa shape index (κ3) is 2.77. The third-order valence-electron chi connectivity index (χ3n) is 2.19. The molecule has 2 nitrogen and oxygen atoms in total. The topological polar surface area (TPSA) is 30.0 Å². The van der Waals surface area contributed by atoms with Gasteiger partial charge in [0.05, 0.1) is 10.7 Å². The van der Waals surface area contributed by atoms with Gasteiger partial charge in [-0.1, -0.05) is 34.1 Å². The molecule has 0 aliphatic heterocycles. The van der Waals surface area contributed by atoms with E-state index < -0.39 is 0 Å². The predicted molar refractivity (Wildman–Crippen MR) is 68.8 cm³/mol. The molecule has 0 saturated heterocycles. The summed E-state index contributed by atoms with van der Waals surface area (Å²) in [4.78, 5) is 14.8. The second-order valence-electron chi connectivity index (χ2n) is 3.37. The number of carbonyl (C=O) groups excluding carboxylic acids is 1. The first kappa shape index (κ1) is 11.5. The molecule has 2 rings (SSSR count). The van der Waals surface area contributed by atoms with Crippen molar-refractivity contribution < 1.29 is 4.79 Å². The molecule has 0 aliphatic rings. The van der Waals surface area contributed by atoms with Gasteiger partial charge < -0.3 is 4.79 Å². The van der Waals surface area contributed by atoms with Crippen LogP contribution in [0.15, 0.2) is 34.1 Å². The lowest BCUT2D eigenvalue weighted by atomic mass is 10.2. The van der Waals surface area contributed by atoms with Crippen LogP contribution in [-0.2, 0) is 17.6 Å². The summed E-state index contributed by atoms with van der Waals surface area (Å²) in [7, 11) is 0. The van der Waals surface area contributed by atoms with Crippen LogP contribution in [0.5, 0.6) is 0 Å². The zero-order chi connectivity index (χ0) is 11.4. The van der Waals surface area contributed by atoms with Gasteiger partial charge in [0.1, 0.15) is 6.29 Å². The number of nitrogens with zero attached hydrogens (tertiary/aromatic N) is 1. The molecule has 0 unspecified atom stereocenters. The van der Waals surface area contributed by atoms with Gasteiger partial charge in [0, 0.05) is 22.7 Å². The Morgan fingerprint density at radius 2 is 2.19 bits per heavy atom. The highest BCUT2D eigenvalue weighted by Gasteiger charge is 2.05. The molecule has 0 atom stereocenters. The standard InChI is InChI=1S/C12H10BrNOS/c13-11-4-2-1-3-9(11)7-12-14-10(5-6-15)8-16-12/h1-4,6,8H,5,7H2. The van der Waals surface area contributed by atoms with Gasteiger partial charge >= 0.3 is 0 Å². The van der Waals surface area contributed by atoms with Crippen molar-refractivity contribution in [2.75, 3.05) is 0 Å². The molecule has 0 bridgehead atoms. The van der Waals surface area contributed by atoms with E-state index in [-0.39, 0.29) is 0 Å². The van der Waals surface area contributed by atoms with Gasteiger partial charge in [-0.2, -0.15) is 0 Å². The second kappa shape index (κ2) is 5.37. The number of rotatable bonds is 4. The first-order chi connectivity index (χ1) is 7.79. The fourth-order valence-electron chi connectivity index (χ4n) is 1.41. The summed E-state index contributed by atoms with van der Waals surface area (Å²) in [6.07, 6.45) is 2.11. The molecule has 0 fully saturated rings. The molecule has 0 amide bonds. The largest absolute Gasteiger partial charge is 0.303 e. The summed E-state index contributed by atoms with van der Waals surface area (Å²) < 4.78 is 1.10. The lowest BCUT2D eigenvalue weighted by Gasteiger charge is -2.00. The van der Waals surface area contributed by atoms with Crippen molar-refractivity contribution in [2.24, 2.45) is 0 Å². The van der Waals surface area contributed by atoms with Gasteiger partial charge in [-0.15, -0.1) is 11.3 Å². The number of hydrogen-bond donors (Lipinski definition) is 0. The maximum absolute atomic E-state index is 10.4. The number of carbonyl (C=O) groups is 1. The average molecular weight is 296 g/mol. The zero-order valence-electron chi connectivity index (χ0n) is 8.52. The Balaban J connectivity index is 2.14. The van der Waals surface area contributed by atoms with Gasteiger partial charge in [-0.25, -0.2) is 4.98 Å². The quantitative estimate of drug-likeness (QED) is 0.811. The summed E-state index contributed by atoms with van der Waals surface area (Å²) >= 11 is 5.11. The third-order valence-corrected chi connectivity index (χ3v) is 3.86. The second-order valence-corrected chi connectivity index (χ2v) is 5.17. The van der Waals surface area contributed by atoms with Crippen LogP contribution in [0.3, 0.4) is 0 Å². The highest BCUT2D eigenvalue weighted by Crippen LogP contribution is 2.21. The predicted octanol–water partition coefficient (Wildman–Crippen LogP) is 3.24. The van der Waals surface area contributed by atoms with Crippen LogP contribution in [0, 0.1) is 0 Å². The Morgan fingerprint density at radius 1 is 1.38 bits per heavy atom. The highest BCUT2D eigenvalue weighted by molar-refractivity contribution is 9.10. The molecule has 2 aromatic rings. The molecule has 1 aromatic heterocycles. The van der Waals surface area contributed by atoms with E-state index in [2.05, 4.69) is 27.0 Å². The van der Waals surface area contributed by atoms with Crippen molar-refractivity contribution in [3.05, 3.63) is 50.4 Å². The van der Waals surface area contributed by atoms with Crippen LogP contribution in [0.1, 0.15) is 16.3 Å². The fourth-order valence-corrected chi connectivity index (χ4v) is 2.67. The van der Waals surface area contributed by atoms with Crippen LogP contribution >= 0.6 is 27.3 Å². The van der Waals surface area contributed by atoms with E-state index in [0.717, 1.165) is 27.9 Å². The summed E-state index contributed by atoms with van der Waals surface area (Å²) in [5, 5.41) is 2.99. The van der Waals surface area contributed by atoms with E-state index in [1.54, 1.807) is 11.3 Å². The summed E-state index contributed by atoms with van der Waals surface area (Å²) in [6.45, 7) is 0. The van der Waals surface area contributed by atoms with Crippen LogP contribution in [0.2, 0.25) is 0 Å². The number of thiazole rings is 1. The minimum absolute atomic E-state index is 0.409. The molecular weight excluding hydrogens is 286 g/mol. The zero-order valence-corrected chi connectivity index (χ0v) is 10.9.